The first-order valence-corrected chi connectivity index (χ1v) is 5.03. The second kappa shape index (κ2) is 5.28. The van der Waals surface area contributed by atoms with Crippen LogP contribution < -0.4 is 11.1 Å². The zero-order valence-corrected chi connectivity index (χ0v) is 9.51. The van der Waals surface area contributed by atoms with Gasteiger partial charge in [0.1, 0.15) is 6.04 Å². The Morgan fingerprint density at radius 1 is 1.47 bits per heavy atom. The molecule has 0 aromatic carbocycles. The van der Waals surface area contributed by atoms with Gasteiger partial charge in [-0.1, -0.05) is 13.8 Å². The average Bonchev–Trinajstić information content (AvgIpc) is 2.62. The van der Waals surface area contributed by atoms with Gasteiger partial charge < -0.3 is 16.2 Å². The van der Waals surface area contributed by atoms with Gasteiger partial charge in [0.05, 0.1) is 0 Å². The minimum Gasteiger partial charge on any atom is -0.480 e. The maximum Gasteiger partial charge on any atom is 0.326 e. The van der Waals surface area contributed by atoms with Crippen molar-refractivity contribution in [2.24, 2.45) is 5.92 Å². The molecule has 1 heterocycles. The second-order valence-electron chi connectivity index (χ2n) is 3.99. The maximum absolute atomic E-state index is 11.6. The number of carbonyl (C=O) groups excluding carboxylic acids is 1. The van der Waals surface area contributed by atoms with Crippen LogP contribution in [0.2, 0.25) is 0 Å². The van der Waals surface area contributed by atoms with Gasteiger partial charge >= 0.3 is 5.97 Å². The number of aromatic nitrogens is 2. The predicted octanol–water partition coefficient (Wildman–Crippen LogP) is -0.119. The summed E-state index contributed by atoms with van der Waals surface area (Å²) in [5.74, 6) is -1.86. The average molecular weight is 242 g/mol. The normalized spacial score (nSPS) is 12.4. The van der Waals surface area contributed by atoms with E-state index in [0.717, 1.165) is 0 Å². The number of carboxylic acid groups (broad SMARTS) is 1. The third-order valence-corrected chi connectivity index (χ3v) is 2.04. The Kier molecular flexibility index (Phi) is 4.02. The van der Waals surface area contributed by atoms with E-state index in [0.29, 0.717) is 6.42 Å². The highest BCUT2D eigenvalue weighted by molar-refractivity contribution is 5.98. The Balaban J connectivity index is 2.71. The highest BCUT2D eigenvalue weighted by Gasteiger charge is 2.24. The number of nitrogens with zero attached hydrogens (tertiary/aromatic N) is 2. The lowest BCUT2D eigenvalue weighted by Gasteiger charge is -2.15. The fourth-order valence-corrected chi connectivity index (χ4v) is 1.27. The monoisotopic (exact) mass is 242 g/mol. The van der Waals surface area contributed by atoms with Gasteiger partial charge in [-0.25, -0.2) is 9.42 Å². The van der Waals surface area contributed by atoms with Crippen molar-refractivity contribution in [3.63, 3.8) is 0 Å². The molecule has 1 unspecified atom stereocenters. The van der Waals surface area contributed by atoms with E-state index in [-0.39, 0.29) is 17.4 Å². The van der Waals surface area contributed by atoms with Crippen molar-refractivity contribution in [3.8, 4) is 0 Å². The van der Waals surface area contributed by atoms with E-state index in [9.17, 15) is 9.59 Å². The highest BCUT2D eigenvalue weighted by Crippen LogP contribution is 2.08. The summed E-state index contributed by atoms with van der Waals surface area (Å²) in [6.07, 6.45) is 0.312. The molecule has 0 aliphatic heterocycles. The second-order valence-corrected chi connectivity index (χ2v) is 3.99. The maximum atomic E-state index is 11.6. The summed E-state index contributed by atoms with van der Waals surface area (Å²) in [6, 6.07) is -0.987. The molecule has 0 aliphatic carbocycles. The van der Waals surface area contributed by atoms with E-state index >= 15 is 0 Å². The molecule has 1 aromatic heterocycles. The first kappa shape index (κ1) is 12.9. The van der Waals surface area contributed by atoms with E-state index in [4.69, 9.17) is 10.8 Å². The number of hydrogen-bond acceptors (Lipinski definition) is 6. The molecule has 0 radical (unpaired) electrons. The molecule has 17 heavy (non-hydrogen) atoms. The number of nitrogen functional groups attached to an aromatic ring is 1. The minimum absolute atomic E-state index is 0.129. The van der Waals surface area contributed by atoms with Gasteiger partial charge in [0.25, 0.3) is 5.91 Å². The van der Waals surface area contributed by atoms with Gasteiger partial charge in [-0.2, -0.15) is 0 Å². The van der Waals surface area contributed by atoms with E-state index in [1.54, 1.807) is 0 Å². The van der Waals surface area contributed by atoms with E-state index < -0.39 is 17.9 Å². The van der Waals surface area contributed by atoms with Crippen molar-refractivity contribution in [1.82, 2.24) is 15.6 Å². The summed E-state index contributed by atoms with van der Waals surface area (Å²) in [4.78, 5) is 22.5. The van der Waals surface area contributed by atoms with Crippen LogP contribution in [0.3, 0.4) is 0 Å². The van der Waals surface area contributed by atoms with Crippen molar-refractivity contribution in [3.05, 3.63) is 5.69 Å². The van der Waals surface area contributed by atoms with Crippen molar-refractivity contribution >= 4 is 17.7 Å². The molecule has 0 aliphatic rings. The largest absolute Gasteiger partial charge is 0.480 e. The molecular weight excluding hydrogens is 228 g/mol. The Morgan fingerprint density at radius 3 is 2.53 bits per heavy atom. The number of carbonyl (C=O) groups is 2. The van der Waals surface area contributed by atoms with Crippen molar-refractivity contribution in [2.75, 3.05) is 5.73 Å². The van der Waals surface area contributed by atoms with Crippen LogP contribution in [0, 0.1) is 5.92 Å². The zero-order chi connectivity index (χ0) is 13.0. The number of nitrogens with one attached hydrogen (secondary N) is 1. The lowest BCUT2D eigenvalue weighted by atomic mass is 10.0. The van der Waals surface area contributed by atoms with Crippen LogP contribution in [0.5, 0.6) is 0 Å². The van der Waals surface area contributed by atoms with Crippen molar-refractivity contribution in [1.29, 1.82) is 0 Å². The Bertz CT molecular complexity index is 415. The number of carboxylic acids is 1. The van der Waals surface area contributed by atoms with E-state index in [2.05, 4.69) is 20.3 Å². The topological polar surface area (TPSA) is 131 Å². The molecule has 0 bridgehead atoms. The molecule has 1 amide bonds. The molecule has 0 spiro atoms. The fourth-order valence-electron chi connectivity index (χ4n) is 1.27. The van der Waals surface area contributed by atoms with E-state index in [1.165, 1.54) is 0 Å². The van der Waals surface area contributed by atoms with Gasteiger partial charge in [0.2, 0.25) is 11.5 Å². The molecule has 0 fully saturated rings. The fraction of sp³-hybridized carbons (Fsp3) is 0.556. The Labute approximate surface area is 97.1 Å². The van der Waals surface area contributed by atoms with Crippen LogP contribution in [0.25, 0.3) is 0 Å². The number of amides is 1. The van der Waals surface area contributed by atoms with Gasteiger partial charge in [0, 0.05) is 0 Å². The van der Waals surface area contributed by atoms with Crippen LogP contribution in [0.4, 0.5) is 5.82 Å². The standard InChI is InChI=1S/C9H14N4O4/c1-4(2)3-5(9(15)16)11-8(14)6-7(10)13-17-12-6/h4-5H,3H2,1-2H3,(H2,10,13)(H,11,14)(H,15,16). The third-order valence-electron chi connectivity index (χ3n) is 2.04. The molecule has 1 aromatic rings. The third kappa shape index (κ3) is 3.44. The molecule has 94 valence electrons. The Morgan fingerprint density at radius 2 is 2.12 bits per heavy atom. The van der Waals surface area contributed by atoms with Crippen LogP contribution >= 0.6 is 0 Å². The highest BCUT2D eigenvalue weighted by atomic mass is 16.6. The molecular formula is C9H14N4O4. The Hall–Kier alpha value is -2.12. The van der Waals surface area contributed by atoms with Crippen molar-refractivity contribution < 1.29 is 19.3 Å². The summed E-state index contributed by atoms with van der Waals surface area (Å²) >= 11 is 0. The number of anilines is 1. The molecule has 4 N–H and O–H groups in total. The smallest absolute Gasteiger partial charge is 0.326 e. The lowest BCUT2D eigenvalue weighted by molar-refractivity contribution is -0.139. The molecule has 8 heteroatoms. The SMILES string of the molecule is CC(C)CC(NC(=O)c1nonc1N)C(=O)O. The van der Waals surface area contributed by atoms with E-state index in [1.807, 2.05) is 13.8 Å². The molecule has 8 nitrogen and oxygen atoms in total. The zero-order valence-electron chi connectivity index (χ0n) is 9.51. The summed E-state index contributed by atoms with van der Waals surface area (Å²) in [7, 11) is 0. The molecule has 1 rings (SSSR count). The summed E-state index contributed by atoms with van der Waals surface area (Å²) in [5.41, 5.74) is 5.11. The lowest BCUT2D eigenvalue weighted by Crippen LogP contribution is -2.42. The number of hydrogen-bond donors (Lipinski definition) is 3. The predicted molar refractivity (Wildman–Crippen MR) is 57.1 cm³/mol. The van der Waals surface area contributed by atoms with Gasteiger partial charge in [-0.05, 0) is 22.7 Å². The van der Waals surface area contributed by atoms with Crippen LogP contribution in [-0.2, 0) is 4.79 Å². The molecule has 1 atom stereocenters. The summed E-state index contributed by atoms with van der Waals surface area (Å²) in [5, 5.41) is 17.8. The van der Waals surface area contributed by atoms with Crippen LogP contribution in [0.15, 0.2) is 4.63 Å². The molecule has 0 saturated carbocycles. The van der Waals surface area contributed by atoms with Gasteiger partial charge in [0.15, 0.2) is 0 Å². The van der Waals surface area contributed by atoms with Gasteiger partial charge in [-0.3, -0.25) is 4.79 Å². The quantitative estimate of drug-likeness (QED) is 0.655. The summed E-state index contributed by atoms with van der Waals surface area (Å²) < 4.78 is 4.26. The molecule has 0 saturated heterocycles. The first-order chi connectivity index (χ1) is 7.91. The first-order valence-electron chi connectivity index (χ1n) is 5.03. The number of nitrogens with two attached hydrogens (primary N) is 1. The van der Waals surface area contributed by atoms with Crippen molar-refractivity contribution in [2.45, 2.75) is 26.3 Å². The summed E-state index contributed by atoms with van der Waals surface area (Å²) in [6.45, 7) is 3.71. The van der Waals surface area contributed by atoms with Crippen LogP contribution in [-0.4, -0.2) is 33.3 Å². The number of rotatable bonds is 5. The number of aliphatic carboxylic acids is 1. The van der Waals surface area contributed by atoms with Gasteiger partial charge in [-0.15, -0.1) is 0 Å². The van der Waals surface area contributed by atoms with Crippen LogP contribution in [0.1, 0.15) is 30.8 Å². The minimum atomic E-state index is -1.11.